The molecule has 1 saturated heterocycles. The van der Waals surface area contributed by atoms with E-state index in [2.05, 4.69) is 0 Å². The van der Waals surface area contributed by atoms with Crippen molar-refractivity contribution in [1.82, 2.24) is 4.90 Å². The van der Waals surface area contributed by atoms with Crippen LogP contribution in [0.4, 0.5) is 0 Å². The number of phenolic OH excluding ortho intramolecular Hbond substituents is 3. The summed E-state index contributed by atoms with van der Waals surface area (Å²) in [7, 11) is 0. The second kappa shape index (κ2) is 6.74. The number of morpholine rings is 1. The third kappa shape index (κ3) is 4.04. The van der Waals surface area contributed by atoms with Gasteiger partial charge in [0.25, 0.3) is 5.91 Å². The Hall–Kier alpha value is -2.48. The van der Waals surface area contributed by atoms with Crippen LogP contribution in [-0.4, -0.2) is 64.0 Å². The van der Waals surface area contributed by atoms with Gasteiger partial charge >= 0.3 is 5.97 Å². The summed E-state index contributed by atoms with van der Waals surface area (Å²) >= 11 is 0. The lowest BCUT2D eigenvalue weighted by atomic mass is 10.2. The summed E-state index contributed by atoms with van der Waals surface area (Å²) in [5, 5.41) is 28.0. The van der Waals surface area contributed by atoms with E-state index in [-0.39, 0.29) is 23.7 Å². The highest BCUT2D eigenvalue weighted by molar-refractivity contribution is 5.92. The molecule has 0 bridgehead atoms. The fraction of sp³-hybridized carbons (Fsp3) is 0.467. The molecule has 2 atom stereocenters. The van der Waals surface area contributed by atoms with Crippen LogP contribution in [0, 0.1) is 0 Å². The Morgan fingerprint density at radius 1 is 1.17 bits per heavy atom. The van der Waals surface area contributed by atoms with E-state index in [1.165, 1.54) is 0 Å². The van der Waals surface area contributed by atoms with Gasteiger partial charge in [-0.3, -0.25) is 4.79 Å². The van der Waals surface area contributed by atoms with Gasteiger partial charge in [-0.15, -0.1) is 0 Å². The van der Waals surface area contributed by atoms with E-state index in [4.69, 9.17) is 9.47 Å². The molecule has 0 radical (unpaired) electrons. The molecule has 1 aromatic rings. The minimum Gasteiger partial charge on any atom is -0.504 e. The van der Waals surface area contributed by atoms with Gasteiger partial charge in [0, 0.05) is 13.1 Å². The molecule has 0 aliphatic carbocycles. The lowest BCUT2D eigenvalue weighted by molar-refractivity contribution is -0.146. The number of carbonyl (C=O) groups is 2. The molecule has 1 amide bonds. The predicted octanol–water partition coefficient (Wildman–Crippen LogP) is 0.596. The number of carbonyl (C=O) groups excluding carboxylic acids is 2. The number of hydrogen-bond donors (Lipinski definition) is 3. The second-order valence-corrected chi connectivity index (χ2v) is 5.50. The molecule has 3 N–H and O–H groups in total. The number of aromatic hydroxyl groups is 3. The first kappa shape index (κ1) is 16.9. The number of rotatable bonds is 3. The largest absolute Gasteiger partial charge is 0.504 e. The van der Waals surface area contributed by atoms with E-state index in [0.29, 0.717) is 13.1 Å². The summed E-state index contributed by atoms with van der Waals surface area (Å²) in [6, 6.07) is 1.89. The number of hydrogen-bond acceptors (Lipinski definition) is 7. The molecular formula is C15H19NO7. The molecule has 8 heteroatoms. The first-order valence-electron chi connectivity index (χ1n) is 7.13. The van der Waals surface area contributed by atoms with Crippen LogP contribution < -0.4 is 0 Å². The lowest BCUT2D eigenvalue weighted by Gasteiger charge is -2.35. The molecule has 0 unspecified atom stereocenters. The van der Waals surface area contributed by atoms with Crippen molar-refractivity contribution in [3.05, 3.63) is 17.7 Å². The lowest BCUT2D eigenvalue weighted by Crippen LogP contribution is -2.49. The third-order valence-corrected chi connectivity index (χ3v) is 3.40. The SMILES string of the molecule is C[C@@H]1CN(C(=O)COC(=O)c2cc(O)c(O)c(O)c2)C[C@H](C)O1. The Kier molecular flexibility index (Phi) is 4.95. The average Bonchev–Trinajstić information content (AvgIpc) is 2.48. The standard InChI is InChI=1S/C15H19NO7/c1-8-5-16(6-9(2)23-8)13(19)7-22-15(21)10-3-11(17)14(20)12(18)4-10/h3-4,8-9,17-18,20H,5-7H2,1-2H3/t8-,9+. The Bertz CT molecular complexity index is 583. The summed E-state index contributed by atoms with van der Waals surface area (Å²) in [6.45, 7) is 4.08. The van der Waals surface area contributed by atoms with Gasteiger partial charge in [-0.2, -0.15) is 0 Å². The molecule has 1 aliphatic rings. The molecular weight excluding hydrogens is 306 g/mol. The Morgan fingerprint density at radius 3 is 2.22 bits per heavy atom. The topological polar surface area (TPSA) is 117 Å². The Morgan fingerprint density at radius 2 is 1.70 bits per heavy atom. The van der Waals surface area contributed by atoms with Gasteiger partial charge in [-0.05, 0) is 26.0 Å². The number of esters is 1. The van der Waals surface area contributed by atoms with Crippen molar-refractivity contribution in [3.8, 4) is 17.2 Å². The zero-order valence-electron chi connectivity index (χ0n) is 12.9. The van der Waals surface area contributed by atoms with Crippen molar-refractivity contribution < 1.29 is 34.4 Å². The van der Waals surface area contributed by atoms with E-state index < -0.39 is 29.8 Å². The highest BCUT2D eigenvalue weighted by Crippen LogP contribution is 2.35. The number of benzene rings is 1. The number of amides is 1. The minimum atomic E-state index is -0.890. The molecule has 1 fully saturated rings. The summed E-state index contributed by atoms with van der Waals surface area (Å²) in [4.78, 5) is 25.5. The summed E-state index contributed by atoms with van der Waals surface area (Å²) in [6.07, 6.45) is -0.186. The zero-order valence-corrected chi connectivity index (χ0v) is 12.9. The number of nitrogens with zero attached hydrogens (tertiary/aromatic N) is 1. The van der Waals surface area contributed by atoms with Crippen LogP contribution in [-0.2, 0) is 14.3 Å². The second-order valence-electron chi connectivity index (χ2n) is 5.50. The molecule has 23 heavy (non-hydrogen) atoms. The van der Waals surface area contributed by atoms with Crippen LogP contribution in [0.1, 0.15) is 24.2 Å². The molecule has 126 valence electrons. The molecule has 0 aromatic heterocycles. The first-order valence-corrected chi connectivity index (χ1v) is 7.13. The van der Waals surface area contributed by atoms with Crippen LogP contribution in [0.15, 0.2) is 12.1 Å². The quantitative estimate of drug-likeness (QED) is 0.550. The van der Waals surface area contributed by atoms with Gasteiger partial charge in [-0.25, -0.2) is 4.79 Å². The van der Waals surface area contributed by atoms with Gasteiger partial charge in [0.2, 0.25) is 0 Å². The van der Waals surface area contributed by atoms with E-state index >= 15 is 0 Å². The van der Waals surface area contributed by atoms with E-state index in [1.807, 2.05) is 13.8 Å². The van der Waals surface area contributed by atoms with Gasteiger partial charge in [0.1, 0.15) is 0 Å². The summed E-state index contributed by atoms with van der Waals surface area (Å²) in [5.74, 6) is -3.28. The maximum absolute atomic E-state index is 12.1. The maximum atomic E-state index is 12.1. The van der Waals surface area contributed by atoms with E-state index in [0.717, 1.165) is 12.1 Å². The Labute approximate surface area is 132 Å². The third-order valence-electron chi connectivity index (χ3n) is 3.40. The fourth-order valence-corrected chi connectivity index (χ4v) is 2.41. The molecule has 8 nitrogen and oxygen atoms in total. The van der Waals surface area contributed by atoms with Crippen molar-refractivity contribution in [2.45, 2.75) is 26.1 Å². The number of phenols is 3. The Balaban J connectivity index is 1.95. The van der Waals surface area contributed by atoms with Crippen LogP contribution >= 0.6 is 0 Å². The minimum absolute atomic E-state index is 0.0932. The van der Waals surface area contributed by atoms with Crippen LogP contribution in [0.2, 0.25) is 0 Å². The number of ether oxygens (including phenoxy) is 2. The molecule has 1 aliphatic heterocycles. The maximum Gasteiger partial charge on any atom is 0.338 e. The smallest absolute Gasteiger partial charge is 0.338 e. The van der Waals surface area contributed by atoms with Gasteiger partial charge in [-0.1, -0.05) is 0 Å². The van der Waals surface area contributed by atoms with Gasteiger partial charge in [0.15, 0.2) is 23.9 Å². The molecule has 1 aromatic carbocycles. The first-order chi connectivity index (χ1) is 10.8. The zero-order chi connectivity index (χ0) is 17.1. The summed E-state index contributed by atoms with van der Waals surface area (Å²) in [5.41, 5.74) is -0.172. The fourth-order valence-electron chi connectivity index (χ4n) is 2.41. The van der Waals surface area contributed by atoms with Crippen molar-refractivity contribution in [3.63, 3.8) is 0 Å². The molecule has 0 saturated carbocycles. The predicted molar refractivity (Wildman–Crippen MR) is 78.3 cm³/mol. The molecule has 0 spiro atoms. The van der Waals surface area contributed by atoms with Crippen molar-refractivity contribution in [2.75, 3.05) is 19.7 Å². The highest BCUT2D eigenvalue weighted by Gasteiger charge is 2.26. The van der Waals surface area contributed by atoms with Crippen molar-refractivity contribution >= 4 is 11.9 Å². The normalized spacial score (nSPS) is 21.0. The van der Waals surface area contributed by atoms with Crippen LogP contribution in [0.25, 0.3) is 0 Å². The van der Waals surface area contributed by atoms with Crippen molar-refractivity contribution in [2.24, 2.45) is 0 Å². The molecule has 2 rings (SSSR count). The van der Waals surface area contributed by atoms with Gasteiger partial charge < -0.3 is 29.7 Å². The van der Waals surface area contributed by atoms with Crippen LogP contribution in [0.3, 0.4) is 0 Å². The van der Waals surface area contributed by atoms with Crippen molar-refractivity contribution in [1.29, 1.82) is 0 Å². The highest BCUT2D eigenvalue weighted by atomic mass is 16.5. The van der Waals surface area contributed by atoms with E-state index in [9.17, 15) is 24.9 Å². The molecule has 1 heterocycles. The average molecular weight is 325 g/mol. The monoisotopic (exact) mass is 325 g/mol. The van der Waals surface area contributed by atoms with Gasteiger partial charge in [0.05, 0.1) is 17.8 Å². The van der Waals surface area contributed by atoms with E-state index in [1.54, 1.807) is 4.90 Å². The summed E-state index contributed by atoms with van der Waals surface area (Å²) < 4.78 is 10.4. The van der Waals surface area contributed by atoms with Crippen LogP contribution in [0.5, 0.6) is 17.2 Å².